The number of hydrogen-bond acceptors (Lipinski definition) is 5. The fraction of sp³-hybridized carbons (Fsp3) is 0.115. The summed E-state index contributed by atoms with van der Waals surface area (Å²) in [5, 5.41) is 12.3. The van der Waals surface area contributed by atoms with E-state index in [2.05, 4.69) is 20.9 Å². The molecule has 0 saturated heterocycles. The van der Waals surface area contributed by atoms with E-state index >= 15 is 0 Å². The Morgan fingerprint density at radius 2 is 1.74 bits per heavy atom. The lowest BCUT2D eigenvalue weighted by Crippen LogP contribution is -2.29. The van der Waals surface area contributed by atoms with Gasteiger partial charge in [-0.2, -0.15) is 10.2 Å². The Labute approximate surface area is 206 Å². The van der Waals surface area contributed by atoms with E-state index in [1.54, 1.807) is 72.8 Å². The van der Waals surface area contributed by atoms with Crippen molar-refractivity contribution in [3.05, 3.63) is 105 Å². The topological polar surface area (TPSA) is 105 Å². The van der Waals surface area contributed by atoms with Crippen molar-refractivity contribution in [3.63, 3.8) is 0 Å². The summed E-state index contributed by atoms with van der Waals surface area (Å²) in [5.74, 6) is -0.872. The Hall–Kier alpha value is -4.30. The van der Waals surface area contributed by atoms with Gasteiger partial charge in [-0.3, -0.25) is 14.4 Å². The van der Waals surface area contributed by atoms with Gasteiger partial charge in [0.15, 0.2) is 5.69 Å². The van der Waals surface area contributed by atoms with Crippen LogP contribution in [0.15, 0.2) is 82.7 Å². The van der Waals surface area contributed by atoms with Crippen LogP contribution < -0.4 is 16.3 Å². The predicted molar refractivity (Wildman–Crippen MR) is 137 cm³/mol. The average molecular weight is 488 g/mol. The third kappa shape index (κ3) is 5.44. The van der Waals surface area contributed by atoms with Gasteiger partial charge in [0.25, 0.3) is 17.4 Å². The summed E-state index contributed by atoms with van der Waals surface area (Å²) < 4.78 is 1.30. The van der Waals surface area contributed by atoms with Crippen LogP contribution in [0.2, 0.25) is 5.02 Å². The maximum Gasteiger partial charge on any atom is 0.292 e. The summed E-state index contributed by atoms with van der Waals surface area (Å²) >= 11 is 6.09. The van der Waals surface area contributed by atoms with Gasteiger partial charge in [0.1, 0.15) is 0 Å². The average Bonchev–Trinajstić information content (AvgIpc) is 2.86. The number of aryl methyl sites for hydroxylation is 1. The normalized spacial score (nSPS) is 11.0. The summed E-state index contributed by atoms with van der Waals surface area (Å²) in [5.41, 5.74) is 3.91. The van der Waals surface area contributed by atoms with Gasteiger partial charge in [-0.15, -0.1) is 0 Å². The molecule has 176 valence electrons. The van der Waals surface area contributed by atoms with E-state index in [0.29, 0.717) is 45.6 Å². The van der Waals surface area contributed by atoms with Crippen LogP contribution in [-0.4, -0.2) is 27.8 Å². The first-order valence-corrected chi connectivity index (χ1v) is 11.3. The first kappa shape index (κ1) is 23.8. The van der Waals surface area contributed by atoms with E-state index < -0.39 is 5.91 Å². The smallest absolute Gasteiger partial charge is 0.292 e. The lowest BCUT2D eigenvalue weighted by atomic mass is 10.1. The highest BCUT2D eigenvalue weighted by Crippen LogP contribution is 2.18. The molecular weight excluding hydrogens is 466 g/mol. The predicted octanol–water partition coefficient (Wildman–Crippen LogP) is 4.48. The van der Waals surface area contributed by atoms with Crippen LogP contribution in [0.1, 0.15) is 39.8 Å². The van der Waals surface area contributed by atoms with E-state index in [9.17, 15) is 14.4 Å². The first-order valence-electron chi connectivity index (χ1n) is 11.0. The molecule has 35 heavy (non-hydrogen) atoms. The zero-order chi connectivity index (χ0) is 24.8. The quantitative estimate of drug-likeness (QED) is 0.296. The molecule has 4 rings (SSSR count). The molecule has 3 aromatic carbocycles. The molecule has 8 nitrogen and oxygen atoms in total. The largest absolute Gasteiger partial charge is 0.322 e. The Kier molecular flexibility index (Phi) is 7.32. The van der Waals surface area contributed by atoms with Gasteiger partial charge in [0, 0.05) is 17.6 Å². The fourth-order valence-corrected chi connectivity index (χ4v) is 3.75. The number of nitrogens with zero attached hydrogens (tertiary/aromatic N) is 3. The molecule has 0 spiro atoms. The van der Waals surface area contributed by atoms with E-state index in [0.717, 1.165) is 0 Å². The molecule has 1 heterocycles. The summed E-state index contributed by atoms with van der Waals surface area (Å²) in [6.07, 6.45) is 2.15. The van der Waals surface area contributed by atoms with E-state index in [4.69, 9.17) is 11.6 Å². The first-order chi connectivity index (χ1) is 17.0. The molecule has 0 radical (unpaired) electrons. The number of amides is 2. The van der Waals surface area contributed by atoms with Crippen molar-refractivity contribution in [1.82, 2.24) is 15.2 Å². The van der Waals surface area contributed by atoms with Crippen LogP contribution >= 0.6 is 11.6 Å². The second-order valence-corrected chi connectivity index (χ2v) is 8.09. The SMILES string of the molecule is CCCn1nc(C(=O)N/N=C/c2cccc(NC(=O)c3ccccc3Cl)c2)c2ccccc2c1=O. The molecule has 0 aliphatic carbocycles. The van der Waals surface area contributed by atoms with Crippen molar-refractivity contribution in [2.45, 2.75) is 19.9 Å². The van der Waals surface area contributed by atoms with Gasteiger partial charge < -0.3 is 5.32 Å². The molecule has 2 amide bonds. The molecule has 9 heteroatoms. The number of halogens is 1. The molecule has 0 atom stereocenters. The maximum absolute atomic E-state index is 12.8. The molecular formula is C26H22ClN5O3. The van der Waals surface area contributed by atoms with Crippen LogP contribution in [0.4, 0.5) is 5.69 Å². The summed E-state index contributed by atoms with van der Waals surface area (Å²) in [6, 6.07) is 20.6. The molecule has 1 aromatic heterocycles. The second kappa shape index (κ2) is 10.8. The number of benzene rings is 3. The summed E-state index contributed by atoms with van der Waals surface area (Å²) in [4.78, 5) is 38.0. The molecule has 0 saturated carbocycles. The van der Waals surface area contributed by atoms with Crippen molar-refractivity contribution < 1.29 is 9.59 Å². The van der Waals surface area contributed by atoms with Crippen molar-refractivity contribution in [2.24, 2.45) is 5.10 Å². The molecule has 0 aliphatic heterocycles. The zero-order valence-corrected chi connectivity index (χ0v) is 19.6. The van der Waals surface area contributed by atoms with Gasteiger partial charge in [0.05, 0.1) is 22.2 Å². The van der Waals surface area contributed by atoms with Crippen molar-refractivity contribution >= 4 is 46.1 Å². The monoisotopic (exact) mass is 487 g/mol. The van der Waals surface area contributed by atoms with Crippen LogP contribution in [-0.2, 0) is 6.54 Å². The van der Waals surface area contributed by atoms with E-state index in [1.807, 2.05) is 6.92 Å². The highest BCUT2D eigenvalue weighted by molar-refractivity contribution is 6.34. The minimum atomic E-state index is -0.537. The number of hydrogen-bond donors (Lipinski definition) is 2. The van der Waals surface area contributed by atoms with Crippen molar-refractivity contribution in [2.75, 3.05) is 5.32 Å². The maximum atomic E-state index is 12.8. The third-order valence-electron chi connectivity index (χ3n) is 5.16. The van der Waals surface area contributed by atoms with Crippen LogP contribution in [0.25, 0.3) is 10.8 Å². The fourth-order valence-electron chi connectivity index (χ4n) is 3.53. The highest BCUT2D eigenvalue weighted by atomic mass is 35.5. The van der Waals surface area contributed by atoms with Gasteiger partial charge in [-0.25, -0.2) is 10.1 Å². The molecule has 0 unspecified atom stereocenters. The summed E-state index contributed by atoms with van der Waals surface area (Å²) in [6.45, 7) is 2.33. The Morgan fingerprint density at radius 1 is 1.00 bits per heavy atom. The van der Waals surface area contributed by atoms with Crippen molar-refractivity contribution in [1.29, 1.82) is 0 Å². The molecule has 2 N–H and O–H groups in total. The molecule has 0 aliphatic rings. The second-order valence-electron chi connectivity index (χ2n) is 7.68. The Morgan fingerprint density at radius 3 is 2.51 bits per heavy atom. The summed E-state index contributed by atoms with van der Waals surface area (Å²) in [7, 11) is 0. The number of fused-ring (bicyclic) bond motifs is 1. The Balaban J connectivity index is 1.50. The van der Waals surface area contributed by atoms with E-state index in [1.165, 1.54) is 10.9 Å². The minimum Gasteiger partial charge on any atom is -0.322 e. The number of nitrogens with one attached hydrogen (secondary N) is 2. The van der Waals surface area contributed by atoms with Crippen LogP contribution in [0.3, 0.4) is 0 Å². The lowest BCUT2D eigenvalue weighted by molar-refractivity contribution is 0.0948. The molecule has 0 fully saturated rings. The van der Waals surface area contributed by atoms with E-state index in [-0.39, 0.29) is 17.2 Å². The standard InChI is InChI=1S/C26H22ClN5O3/c1-2-14-32-26(35)20-11-4-3-10-19(20)23(31-32)25(34)30-28-16-17-8-7-9-18(15-17)29-24(33)21-12-5-6-13-22(21)27/h3-13,15-16H,2,14H2,1H3,(H,29,33)(H,30,34)/b28-16+. The van der Waals surface area contributed by atoms with Crippen molar-refractivity contribution in [3.8, 4) is 0 Å². The van der Waals surface area contributed by atoms with Gasteiger partial charge >= 0.3 is 0 Å². The third-order valence-corrected chi connectivity index (χ3v) is 5.49. The molecule has 0 bridgehead atoms. The zero-order valence-electron chi connectivity index (χ0n) is 18.9. The minimum absolute atomic E-state index is 0.117. The number of aromatic nitrogens is 2. The number of anilines is 1. The van der Waals surface area contributed by atoms with Gasteiger partial charge in [-0.1, -0.05) is 61.0 Å². The van der Waals surface area contributed by atoms with Gasteiger partial charge in [0.2, 0.25) is 0 Å². The molecule has 4 aromatic rings. The van der Waals surface area contributed by atoms with Crippen LogP contribution in [0, 0.1) is 0 Å². The van der Waals surface area contributed by atoms with Gasteiger partial charge in [-0.05, 0) is 42.3 Å². The number of carbonyl (C=O) groups is 2. The van der Waals surface area contributed by atoms with Crippen LogP contribution in [0.5, 0.6) is 0 Å². The number of carbonyl (C=O) groups excluding carboxylic acids is 2. The lowest BCUT2D eigenvalue weighted by Gasteiger charge is -2.09. The Bertz CT molecular complexity index is 1500. The highest BCUT2D eigenvalue weighted by Gasteiger charge is 2.16. The number of hydrazone groups is 1. The number of rotatable bonds is 7.